The van der Waals surface area contributed by atoms with Crippen LogP contribution < -0.4 is 48.3 Å². The van der Waals surface area contributed by atoms with E-state index in [1.807, 2.05) is 27.7 Å². The molecule has 3 fully saturated rings. The number of ketones is 5. The zero-order chi connectivity index (χ0) is 88.9. The molecule has 119 heavy (non-hydrogen) atoms. The van der Waals surface area contributed by atoms with E-state index in [4.69, 9.17) is 10.5 Å². The van der Waals surface area contributed by atoms with Gasteiger partial charge in [-0.15, -0.1) is 0 Å². The summed E-state index contributed by atoms with van der Waals surface area (Å²) in [5, 5.41) is 61.4. The molecular weight excluding hydrogens is 1580 g/mol. The molecule has 676 valence electrons. The number of rotatable bonds is 49. The van der Waals surface area contributed by atoms with E-state index >= 15 is 9.59 Å². The minimum absolute atomic E-state index is 0.0278. The second-order valence-electron chi connectivity index (χ2n) is 34.5. The van der Waals surface area contributed by atoms with Crippen LogP contribution in [0.2, 0.25) is 0 Å². The summed E-state index contributed by atoms with van der Waals surface area (Å²) < 4.78 is 5.77. The van der Waals surface area contributed by atoms with E-state index in [1.54, 1.807) is 20.8 Å². The van der Waals surface area contributed by atoms with E-state index in [0.29, 0.717) is 12.8 Å². The molecule has 3 rings (SSSR count). The third-order valence-corrected chi connectivity index (χ3v) is 24.5. The number of fused-ring (bicyclic) bond motifs is 1. The molecular formula is C85H142N10O22S2. The highest BCUT2D eigenvalue weighted by molar-refractivity contribution is 8.00. The summed E-state index contributed by atoms with van der Waals surface area (Å²) in [7, 11) is 0. The lowest BCUT2D eigenvalue weighted by Gasteiger charge is -2.41. The highest BCUT2D eigenvalue weighted by Crippen LogP contribution is 2.37. The number of carbonyl (C=O) groups excluding carboxylic acids is 14. The van der Waals surface area contributed by atoms with Crippen LogP contribution in [0, 0.1) is 40.9 Å². The first-order valence-corrected chi connectivity index (χ1v) is 45.7. The largest absolute Gasteiger partial charge is 0.481 e. The number of Topliss-reactive ketones (excluding diaryl/α,β-unsaturated/α-hetero) is 5. The van der Waals surface area contributed by atoms with E-state index in [9.17, 15) is 92.3 Å². The zero-order valence-corrected chi connectivity index (χ0v) is 73.8. The molecule has 3 aliphatic heterocycles. The van der Waals surface area contributed by atoms with Gasteiger partial charge in [-0.05, 0) is 103 Å². The van der Waals surface area contributed by atoms with Gasteiger partial charge in [-0.2, -0.15) is 23.5 Å². The van der Waals surface area contributed by atoms with Crippen LogP contribution in [0.15, 0.2) is 0 Å². The molecule has 13 atom stereocenters. The molecule has 9 amide bonds. The SMILES string of the molecule is CCCCCCCCCCCCCCCCCC(=O)CCCC(=O)C[C@@H](CC(C)C)C(=O)N[C@@H](CC(C)C)C(=O)C[C@H]1CSCC2(COC2)CSC[C@@H](C(=O)N[C@@H](CC(C)C)C(=O)N[C@@H](CC(C)N)C(C)=O)NC(=O)[C@H](CCC(=O)O)NC(=O)CNC(=O)[C@H]([C@@H](C)O)CC(=O)[C@H](CCC(=O)O)NC(=O)[C@@H]2CCCN2C(=O)[C@H](CC(=O)O)NC1=O. The Balaban J connectivity index is 2.09. The number of unbranched alkanes of at least 4 members (excludes halogenated alkanes) is 14. The predicted octanol–water partition coefficient (Wildman–Crippen LogP) is 6.76. The Labute approximate surface area is 711 Å². The van der Waals surface area contributed by atoms with E-state index in [1.165, 1.54) is 89.3 Å². The molecule has 3 saturated heterocycles. The average Bonchev–Trinajstić information content (AvgIpc) is 1.76. The fourth-order valence-electron chi connectivity index (χ4n) is 14.9. The van der Waals surface area contributed by atoms with Crippen molar-refractivity contribution in [2.75, 3.05) is 49.3 Å². The standard InChI is InChI=1S/C85H142N10O22S2/c1-11-12-13-14-15-16-17-18-19-20-21-22-23-24-25-28-60(98)29-26-30-61(99)41-58(37-52(2)3)77(109)91-66(38-53(4)5)71(100)42-59-46-118-50-85(48-117-49-85)51-119-47-69(82(114)92-67(39-54(6)7)81(113)90-65(57(10)97)40-55(8)86)94-80(112)64(33-35-75(105)106)88-73(102)45-87-79(111)62(56(9)96)43-72(101)63(32-34-74(103)104)89-83(115)70-31-27-36-95(70)84(116)68(44-76(107)108)93-78(59)110/h52-56,58-59,62-70,96H,11-51,86H2,1-10H3,(H,87,111)(H,88,102)(H,89,115)(H,90,113)(H,91,109)(H,92,114)(H,93,110)(H,94,112)(H,103,104)(H,105,106)(H,107,108)/t55?,56-,58-,59+,62+,63+,64+,65+,66+,67+,68+,69+,70+/m1/s1. The molecule has 3 aliphatic rings. The molecule has 0 radical (unpaired) electrons. The normalized spacial score (nSPS) is 21.9. The minimum atomic E-state index is -1.89. The number of nitrogens with one attached hydrogen (secondary N) is 8. The summed E-state index contributed by atoms with van der Waals surface area (Å²) in [5.74, 6) is -19.7. The quantitative estimate of drug-likeness (QED) is 0.0280. The second-order valence-corrected chi connectivity index (χ2v) is 36.6. The highest BCUT2D eigenvalue weighted by atomic mass is 32.2. The first-order chi connectivity index (χ1) is 56.2. The number of ether oxygens (including phenoxy) is 1. The number of carboxylic acids is 3. The summed E-state index contributed by atoms with van der Waals surface area (Å²) in [6.07, 6.45) is 12.8. The van der Waals surface area contributed by atoms with E-state index < -0.39 is 224 Å². The van der Waals surface area contributed by atoms with Crippen molar-refractivity contribution in [3.63, 3.8) is 0 Å². The Morgan fingerprint density at radius 2 is 1.08 bits per heavy atom. The van der Waals surface area contributed by atoms with Crippen molar-refractivity contribution in [2.45, 2.75) is 342 Å². The van der Waals surface area contributed by atoms with Crippen molar-refractivity contribution in [3.05, 3.63) is 0 Å². The van der Waals surface area contributed by atoms with Crippen LogP contribution in [-0.4, -0.2) is 235 Å². The minimum Gasteiger partial charge on any atom is -0.481 e. The molecule has 0 aromatic rings. The van der Waals surface area contributed by atoms with Crippen LogP contribution in [-0.2, 0) is 86.2 Å². The maximum atomic E-state index is 15.2. The number of amides is 9. The lowest BCUT2D eigenvalue weighted by Crippen LogP contribution is -2.59. The van der Waals surface area contributed by atoms with Crippen LogP contribution >= 0.6 is 23.5 Å². The summed E-state index contributed by atoms with van der Waals surface area (Å²) in [6, 6.07) is -12.4. The van der Waals surface area contributed by atoms with Gasteiger partial charge in [0.05, 0.1) is 62.2 Å². The van der Waals surface area contributed by atoms with Gasteiger partial charge in [0.1, 0.15) is 41.8 Å². The number of thioether (sulfide) groups is 2. The Hall–Kier alpha value is -7.43. The molecule has 0 bridgehead atoms. The molecule has 34 heteroatoms. The smallest absolute Gasteiger partial charge is 0.305 e. The van der Waals surface area contributed by atoms with Gasteiger partial charge in [-0.1, -0.05) is 138 Å². The molecule has 0 aromatic heterocycles. The van der Waals surface area contributed by atoms with Crippen LogP contribution in [0.3, 0.4) is 0 Å². The number of nitrogens with two attached hydrogens (primary N) is 1. The van der Waals surface area contributed by atoms with Crippen LogP contribution in [0.25, 0.3) is 0 Å². The maximum Gasteiger partial charge on any atom is 0.305 e. The van der Waals surface area contributed by atoms with E-state index in [2.05, 4.69) is 49.5 Å². The van der Waals surface area contributed by atoms with Gasteiger partial charge < -0.3 is 78.3 Å². The van der Waals surface area contributed by atoms with Gasteiger partial charge in [0.2, 0.25) is 53.2 Å². The monoisotopic (exact) mass is 1720 g/mol. The number of carboxylic acid groups (broad SMARTS) is 3. The summed E-state index contributed by atoms with van der Waals surface area (Å²) in [5.41, 5.74) is 5.25. The molecule has 32 nitrogen and oxygen atoms in total. The molecule has 0 saturated carbocycles. The molecule has 0 aromatic carbocycles. The maximum absolute atomic E-state index is 15.2. The fraction of sp³-hybridized carbons (Fsp3) is 0.800. The highest BCUT2D eigenvalue weighted by Gasteiger charge is 2.44. The van der Waals surface area contributed by atoms with Gasteiger partial charge in [0.15, 0.2) is 17.3 Å². The van der Waals surface area contributed by atoms with Crippen LogP contribution in [0.1, 0.15) is 281 Å². The van der Waals surface area contributed by atoms with Gasteiger partial charge in [-0.25, -0.2) is 0 Å². The second kappa shape index (κ2) is 57.0. The Morgan fingerprint density at radius 1 is 0.555 bits per heavy atom. The summed E-state index contributed by atoms with van der Waals surface area (Å²) >= 11 is 2.32. The molecule has 0 aliphatic carbocycles. The van der Waals surface area contributed by atoms with Crippen molar-refractivity contribution in [2.24, 2.45) is 46.7 Å². The van der Waals surface area contributed by atoms with Crippen LogP contribution in [0.5, 0.6) is 0 Å². The van der Waals surface area contributed by atoms with E-state index in [-0.39, 0.29) is 130 Å². The first kappa shape index (κ1) is 106. The molecule has 1 unspecified atom stereocenters. The number of carbonyl (C=O) groups is 17. The van der Waals surface area contributed by atoms with Crippen molar-refractivity contribution >= 4 is 124 Å². The van der Waals surface area contributed by atoms with Crippen molar-refractivity contribution < 1.29 is 107 Å². The Morgan fingerprint density at radius 3 is 1.61 bits per heavy atom. The van der Waals surface area contributed by atoms with Gasteiger partial charge >= 0.3 is 17.9 Å². The van der Waals surface area contributed by atoms with Crippen molar-refractivity contribution in [3.8, 4) is 0 Å². The number of nitrogens with zero attached hydrogens (tertiary/aromatic N) is 1. The first-order valence-electron chi connectivity index (χ1n) is 43.4. The van der Waals surface area contributed by atoms with Crippen molar-refractivity contribution in [1.29, 1.82) is 0 Å². The molecule has 1 spiro atoms. The van der Waals surface area contributed by atoms with Crippen molar-refractivity contribution in [1.82, 2.24) is 47.4 Å². The predicted molar refractivity (Wildman–Crippen MR) is 452 cm³/mol. The van der Waals surface area contributed by atoms with Crippen LogP contribution in [0.4, 0.5) is 0 Å². The lowest BCUT2D eigenvalue weighted by atomic mass is 9.88. The van der Waals surface area contributed by atoms with Gasteiger partial charge in [-0.3, -0.25) is 81.5 Å². The summed E-state index contributed by atoms with van der Waals surface area (Å²) in [4.78, 5) is 237. The average molecular weight is 1720 g/mol. The third kappa shape index (κ3) is 42.8. The molecule has 14 N–H and O–H groups in total. The third-order valence-electron chi connectivity index (χ3n) is 21.7. The Kier molecular flexibility index (Phi) is 50.7. The fourth-order valence-corrected chi connectivity index (χ4v) is 17.7. The molecule has 3 heterocycles. The summed E-state index contributed by atoms with van der Waals surface area (Å²) in [6.45, 7) is 16.3. The number of aliphatic hydroxyl groups excluding tert-OH is 1. The van der Waals surface area contributed by atoms with Gasteiger partial charge in [0.25, 0.3) is 0 Å². The van der Waals surface area contributed by atoms with Gasteiger partial charge in [0, 0.05) is 98.3 Å². The number of aliphatic hydroxyl groups is 1. The lowest BCUT2D eigenvalue weighted by molar-refractivity contribution is -0.146. The van der Waals surface area contributed by atoms with E-state index in [0.717, 1.165) is 49.3 Å². The number of hydrogen-bond acceptors (Lipinski definition) is 22. The number of hydrogen-bond donors (Lipinski definition) is 13. The topological polar surface area (TPSA) is 506 Å². The zero-order valence-electron chi connectivity index (χ0n) is 72.2. The number of aliphatic carboxylic acids is 3. The Bertz CT molecular complexity index is 3320.